The van der Waals surface area contributed by atoms with Crippen molar-refractivity contribution in [3.8, 4) is 5.75 Å². The molecule has 82 valence electrons. The van der Waals surface area contributed by atoms with Gasteiger partial charge in [-0.25, -0.2) is 0 Å². The SMILES string of the molecule is NC1CCC(O)(COc2ccccc2)C1. The first-order valence-corrected chi connectivity index (χ1v) is 5.34. The zero-order valence-corrected chi connectivity index (χ0v) is 8.73. The fraction of sp³-hybridized carbons (Fsp3) is 0.500. The number of hydrogen-bond donors (Lipinski definition) is 2. The first kappa shape index (κ1) is 10.5. The summed E-state index contributed by atoms with van der Waals surface area (Å²) in [6, 6.07) is 9.66. The van der Waals surface area contributed by atoms with Crippen molar-refractivity contribution in [2.45, 2.75) is 30.9 Å². The summed E-state index contributed by atoms with van der Waals surface area (Å²) in [5, 5.41) is 10.1. The summed E-state index contributed by atoms with van der Waals surface area (Å²) >= 11 is 0. The zero-order chi connectivity index (χ0) is 10.7. The summed E-state index contributed by atoms with van der Waals surface area (Å²) in [6.07, 6.45) is 2.26. The van der Waals surface area contributed by atoms with E-state index in [1.807, 2.05) is 30.3 Å². The smallest absolute Gasteiger partial charge is 0.119 e. The Balaban J connectivity index is 1.88. The van der Waals surface area contributed by atoms with Crippen LogP contribution in [0, 0.1) is 0 Å². The summed E-state index contributed by atoms with van der Waals surface area (Å²) in [7, 11) is 0. The van der Waals surface area contributed by atoms with Gasteiger partial charge in [0.15, 0.2) is 0 Å². The molecule has 0 aliphatic heterocycles. The average Bonchev–Trinajstić information content (AvgIpc) is 2.58. The Morgan fingerprint density at radius 1 is 1.40 bits per heavy atom. The molecule has 1 aromatic rings. The first-order chi connectivity index (χ1) is 7.18. The molecule has 1 aromatic carbocycles. The largest absolute Gasteiger partial charge is 0.491 e. The van der Waals surface area contributed by atoms with Gasteiger partial charge in [-0.2, -0.15) is 0 Å². The van der Waals surface area contributed by atoms with Crippen LogP contribution in [0.1, 0.15) is 19.3 Å². The quantitative estimate of drug-likeness (QED) is 0.785. The molecule has 0 aromatic heterocycles. The summed E-state index contributed by atoms with van der Waals surface area (Å²) in [5.74, 6) is 0.798. The monoisotopic (exact) mass is 207 g/mol. The molecule has 3 N–H and O–H groups in total. The van der Waals surface area contributed by atoms with E-state index in [9.17, 15) is 5.11 Å². The van der Waals surface area contributed by atoms with Crippen molar-refractivity contribution >= 4 is 0 Å². The second-order valence-corrected chi connectivity index (χ2v) is 4.33. The molecule has 0 saturated heterocycles. The van der Waals surface area contributed by atoms with Gasteiger partial charge in [-0.05, 0) is 31.4 Å². The highest BCUT2D eigenvalue weighted by Crippen LogP contribution is 2.29. The van der Waals surface area contributed by atoms with E-state index in [4.69, 9.17) is 10.5 Å². The third kappa shape index (κ3) is 2.70. The molecule has 15 heavy (non-hydrogen) atoms. The van der Waals surface area contributed by atoms with Gasteiger partial charge < -0.3 is 15.6 Å². The summed E-state index contributed by atoms with van der Waals surface area (Å²) in [5.41, 5.74) is 5.04. The van der Waals surface area contributed by atoms with Crippen LogP contribution in [0.25, 0.3) is 0 Å². The zero-order valence-electron chi connectivity index (χ0n) is 8.73. The Morgan fingerprint density at radius 3 is 2.73 bits per heavy atom. The lowest BCUT2D eigenvalue weighted by Crippen LogP contribution is -2.34. The van der Waals surface area contributed by atoms with Gasteiger partial charge in [0.05, 0.1) is 0 Å². The van der Waals surface area contributed by atoms with Crippen LogP contribution < -0.4 is 10.5 Å². The molecule has 1 saturated carbocycles. The standard InChI is InChI=1S/C12H17NO2/c13-10-6-7-12(14,8-10)9-15-11-4-2-1-3-5-11/h1-5,10,14H,6-9,13H2. The first-order valence-electron chi connectivity index (χ1n) is 5.34. The van der Waals surface area contributed by atoms with Crippen molar-refractivity contribution in [2.75, 3.05) is 6.61 Å². The van der Waals surface area contributed by atoms with Gasteiger partial charge >= 0.3 is 0 Å². The van der Waals surface area contributed by atoms with Gasteiger partial charge in [-0.15, -0.1) is 0 Å². The maximum absolute atomic E-state index is 10.1. The third-order valence-corrected chi connectivity index (χ3v) is 2.87. The molecule has 1 fully saturated rings. The van der Waals surface area contributed by atoms with Crippen molar-refractivity contribution in [1.82, 2.24) is 0 Å². The maximum Gasteiger partial charge on any atom is 0.119 e. The van der Waals surface area contributed by atoms with Gasteiger partial charge in [0.25, 0.3) is 0 Å². The summed E-state index contributed by atoms with van der Waals surface area (Å²) in [6.45, 7) is 0.338. The van der Waals surface area contributed by atoms with Crippen LogP contribution in [-0.2, 0) is 0 Å². The fourth-order valence-electron chi connectivity index (χ4n) is 2.01. The van der Waals surface area contributed by atoms with Crippen molar-refractivity contribution in [3.63, 3.8) is 0 Å². The molecule has 2 unspecified atom stereocenters. The number of para-hydroxylation sites is 1. The van der Waals surface area contributed by atoms with E-state index in [0.717, 1.165) is 18.6 Å². The molecule has 1 aliphatic rings. The normalized spacial score (nSPS) is 30.4. The van der Waals surface area contributed by atoms with Gasteiger partial charge in [0.2, 0.25) is 0 Å². The molecule has 3 heteroatoms. The van der Waals surface area contributed by atoms with Crippen LogP contribution in [-0.4, -0.2) is 23.4 Å². The highest BCUT2D eigenvalue weighted by molar-refractivity contribution is 5.21. The highest BCUT2D eigenvalue weighted by atomic mass is 16.5. The van der Waals surface area contributed by atoms with Crippen molar-refractivity contribution in [3.05, 3.63) is 30.3 Å². The maximum atomic E-state index is 10.1. The third-order valence-electron chi connectivity index (χ3n) is 2.87. The number of nitrogens with two attached hydrogens (primary N) is 1. The van der Waals surface area contributed by atoms with Crippen molar-refractivity contribution in [2.24, 2.45) is 5.73 Å². The number of benzene rings is 1. The molecule has 2 atom stereocenters. The van der Waals surface area contributed by atoms with Crippen LogP contribution in [0.2, 0.25) is 0 Å². The lowest BCUT2D eigenvalue weighted by Gasteiger charge is -2.22. The average molecular weight is 207 g/mol. The van der Waals surface area contributed by atoms with Gasteiger partial charge in [0, 0.05) is 6.04 Å². The molecule has 0 heterocycles. The number of ether oxygens (including phenoxy) is 1. The van der Waals surface area contributed by atoms with Gasteiger partial charge in [-0.1, -0.05) is 18.2 Å². The number of hydrogen-bond acceptors (Lipinski definition) is 3. The topological polar surface area (TPSA) is 55.5 Å². The molecule has 0 radical (unpaired) electrons. The lowest BCUT2D eigenvalue weighted by molar-refractivity contribution is 0.000372. The number of rotatable bonds is 3. The lowest BCUT2D eigenvalue weighted by atomic mass is 10.0. The molecule has 0 spiro atoms. The molecular formula is C12H17NO2. The minimum Gasteiger partial charge on any atom is -0.491 e. The second kappa shape index (κ2) is 4.21. The predicted octanol–water partition coefficient (Wildman–Crippen LogP) is 1.31. The van der Waals surface area contributed by atoms with E-state index in [0.29, 0.717) is 13.0 Å². The molecule has 2 rings (SSSR count). The van der Waals surface area contributed by atoms with Crippen LogP contribution in [0.4, 0.5) is 0 Å². The molecular weight excluding hydrogens is 190 g/mol. The van der Waals surface area contributed by atoms with E-state index in [1.165, 1.54) is 0 Å². The Hall–Kier alpha value is -1.06. The summed E-state index contributed by atoms with van der Waals surface area (Å²) in [4.78, 5) is 0. The van der Waals surface area contributed by atoms with Crippen molar-refractivity contribution < 1.29 is 9.84 Å². The predicted molar refractivity (Wildman–Crippen MR) is 58.7 cm³/mol. The van der Waals surface area contributed by atoms with Crippen molar-refractivity contribution in [1.29, 1.82) is 0 Å². The van der Waals surface area contributed by atoms with Gasteiger partial charge in [0.1, 0.15) is 18.0 Å². The van der Waals surface area contributed by atoms with Gasteiger partial charge in [-0.3, -0.25) is 0 Å². The van der Waals surface area contributed by atoms with Crippen LogP contribution in [0.15, 0.2) is 30.3 Å². The Labute approximate surface area is 89.9 Å². The molecule has 0 bridgehead atoms. The van der Waals surface area contributed by atoms with Crippen LogP contribution >= 0.6 is 0 Å². The highest BCUT2D eigenvalue weighted by Gasteiger charge is 2.36. The Morgan fingerprint density at radius 2 is 2.13 bits per heavy atom. The summed E-state index contributed by atoms with van der Waals surface area (Å²) < 4.78 is 5.54. The molecule has 0 amide bonds. The van der Waals surface area contributed by atoms with E-state index in [-0.39, 0.29) is 6.04 Å². The Kier molecular flexibility index (Phi) is 2.93. The molecule has 3 nitrogen and oxygen atoms in total. The minimum atomic E-state index is -0.727. The fourth-order valence-corrected chi connectivity index (χ4v) is 2.01. The van der Waals surface area contributed by atoms with E-state index >= 15 is 0 Å². The van der Waals surface area contributed by atoms with E-state index < -0.39 is 5.60 Å². The van der Waals surface area contributed by atoms with Crippen LogP contribution in [0.3, 0.4) is 0 Å². The van der Waals surface area contributed by atoms with E-state index in [1.54, 1.807) is 0 Å². The van der Waals surface area contributed by atoms with Crippen LogP contribution in [0.5, 0.6) is 5.75 Å². The Bertz CT molecular complexity index is 315. The number of aliphatic hydroxyl groups is 1. The molecule has 1 aliphatic carbocycles. The minimum absolute atomic E-state index is 0.120. The second-order valence-electron chi connectivity index (χ2n) is 4.33. The van der Waals surface area contributed by atoms with E-state index in [2.05, 4.69) is 0 Å².